The Kier molecular flexibility index (Phi) is 16.4. The Morgan fingerprint density at radius 3 is 1.86 bits per heavy atom. The molecule has 0 rings (SSSR count). The van der Waals surface area contributed by atoms with E-state index in [0.29, 0.717) is 0 Å². The van der Waals surface area contributed by atoms with Gasteiger partial charge in [-0.05, 0) is 6.92 Å². The summed E-state index contributed by atoms with van der Waals surface area (Å²) in [5.74, 6) is -5.04. The molecular formula is C11H17N2Na2O7+. The fraction of sp³-hybridized carbons (Fsp3) is 0.636. The first-order valence-corrected chi connectivity index (χ1v) is 5.81. The quantitative estimate of drug-likeness (QED) is 0.329. The molecule has 0 fully saturated rings. The van der Waals surface area contributed by atoms with Gasteiger partial charge in [-0.2, -0.15) is 0 Å². The second-order valence-electron chi connectivity index (χ2n) is 4.22. The van der Waals surface area contributed by atoms with Gasteiger partial charge in [0.15, 0.2) is 0 Å². The van der Waals surface area contributed by atoms with Crippen LogP contribution in [0.25, 0.3) is 0 Å². The predicted octanol–water partition coefficient (Wildman–Crippen LogP) is -8.72. The maximum atomic E-state index is 11.2. The first kappa shape index (κ1) is 26.9. The van der Waals surface area contributed by atoms with Gasteiger partial charge in [0.1, 0.15) is 11.8 Å². The minimum Gasteiger partial charge on any atom is -0.548 e. The van der Waals surface area contributed by atoms with Crippen molar-refractivity contribution in [1.29, 1.82) is 0 Å². The van der Waals surface area contributed by atoms with Crippen molar-refractivity contribution in [2.45, 2.75) is 31.8 Å². The van der Waals surface area contributed by atoms with Crippen molar-refractivity contribution >= 4 is 23.7 Å². The zero-order valence-corrected chi connectivity index (χ0v) is 16.9. The third-order valence-corrected chi connectivity index (χ3v) is 2.59. The van der Waals surface area contributed by atoms with Gasteiger partial charge in [0.05, 0.1) is 18.4 Å². The number of aliphatic carboxylic acids is 3. The zero-order chi connectivity index (χ0) is 15.9. The number of carbonyl (C=O) groups excluding carboxylic acids is 2. The Morgan fingerprint density at radius 1 is 1.09 bits per heavy atom. The molecular weight excluding hydrogens is 318 g/mol. The van der Waals surface area contributed by atoms with Crippen LogP contribution < -0.4 is 70.0 Å². The van der Waals surface area contributed by atoms with Gasteiger partial charge in [0.25, 0.3) is 0 Å². The average Bonchev–Trinajstić information content (AvgIpc) is 2.29. The largest absolute Gasteiger partial charge is 1.00 e. The van der Waals surface area contributed by atoms with Crippen LogP contribution in [0.15, 0.2) is 0 Å². The van der Waals surface area contributed by atoms with Crippen LogP contribution >= 0.6 is 0 Å². The first-order valence-electron chi connectivity index (χ1n) is 5.81. The van der Waals surface area contributed by atoms with Gasteiger partial charge < -0.3 is 25.8 Å². The predicted molar refractivity (Wildman–Crippen MR) is 63.5 cm³/mol. The van der Waals surface area contributed by atoms with Crippen molar-refractivity contribution in [3.8, 4) is 0 Å². The molecule has 114 valence electrons. The normalized spacial score (nSPS) is 12.5. The van der Waals surface area contributed by atoms with Crippen molar-refractivity contribution in [2.24, 2.45) is 5.73 Å². The number of hydrogen-bond donors (Lipinski definition) is 3. The molecule has 0 unspecified atom stereocenters. The van der Waals surface area contributed by atoms with Crippen LogP contribution in [0.5, 0.6) is 0 Å². The van der Waals surface area contributed by atoms with Crippen LogP contribution in [-0.2, 0) is 19.2 Å². The van der Waals surface area contributed by atoms with E-state index in [1.165, 1.54) is 0 Å². The van der Waals surface area contributed by atoms with E-state index in [-0.39, 0.29) is 72.2 Å². The van der Waals surface area contributed by atoms with Gasteiger partial charge in [0.2, 0.25) is 0 Å². The Labute approximate surface area is 171 Å². The molecule has 0 aliphatic rings. The van der Waals surface area contributed by atoms with E-state index in [4.69, 9.17) is 15.9 Å². The number of carboxylic acid groups (broad SMARTS) is 3. The van der Waals surface area contributed by atoms with Gasteiger partial charge >= 0.3 is 71.1 Å². The summed E-state index contributed by atoms with van der Waals surface area (Å²) in [4.78, 5) is 44.8. The molecule has 4 N–H and O–H groups in total. The molecule has 0 heterocycles. The molecule has 22 heavy (non-hydrogen) atoms. The molecule has 0 aromatic carbocycles. The maximum absolute atomic E-state index is 11.2. The van der Waals surface area contributed by atoms with Crippen LogP contribution in [0.2, 0.25) is 0 Å². The molecule has 2 atom stereocenters. The van der Waals surface area contributed by atoms with Gasteiger partial charge in [-0.25, -0.2) is 0 Å². The molecule has 0 aromatic rings. The Hall–Kier alpha value is 0. The fourth-order valence-electron chi connectivity index (χ4n) is 1.80. The minimum atomic E-state index is -1.73. The molecule has 11 heteroatoms. The molecule has 0 saturated carbocycles. The summed E-state index contributed by atoms with van der Waals surface area (Å²) in [6.07, 6.45) is -1.29. The minimum absolute atomic E-state index is 0. The van der Waals surface area contributed by atoms with E-state index in [9.17, 15) is 24.3 Å². The van der Waals surface area contributed by atoms with Gasteiger partial charge in [-0.3, -0.25) is 19.3 Å². The Balaban J connectivity index is -0.00000180. The standard InChI is InChI=1S/C11H18N2O7.2Na/c1-6(14)4-7(10(17)18)13(3-2-12)8(11(19)20)5-9(15)16;;/h7-8H,2-5,12H2,1H3,(H,15,16)(H,17,18)(H,19,20);;/q;2*+1/p-1/t7-,8-;;/m0../s1. The number of hydrogen-bond acceptors (Lipinski definition) is 7. The molecule has 0 spiro atoms. The number of carbonyl (C=O) groups is 4. The van der Waals surface area contributed by atoms with Crippen molar-refractivity contribution in [3.05, 3.63) is 0 Å². The molecule has 0 saturated heterocycles. The molecule has 0 aliphatic heterocycles. The Morgan fingerprint density at radius 2 is 1.59 bits per heavy atom. The van der Waals surface area contributed by atoms with Gasteiger partial charge in [0, 0.05) is 19.5 Å². The van der Waals surface area contributed by atoms with Gasteiger partial charge in [-0.1, -0.05) is 0 Å². The average molecular weight is 335 g/mol. The van der Waals surface area contributed by atoms with Crippen molar-refractivity contribution in [1.82, 2.24) is 4.90 Å². The summed E-state index contributed by atoms with van der Waals surface area (Å²) < 4.78 is 0. The number of rotatable bonds is 10. The number of nitrogens with two attached hydrogens (primary N) is 1. The molecule has 0 bridgehead atoms. The number of ketones is 1. The van der Waals surface area contributed by atoms with Crippen molar-refractivity contribution in [2.75, 3.05) is 13.1 Å². The summed E-state index contributed by atoms with van der Waals surface area (Å²) >= 11 is 0. The number of carboxylic acids is 3. The zero-order valence-electron chi connectivity index (χ0n) is 12.9. The third kappa shape index (κ3) is 9.90. The van der Waals surface area contributed by atoms with E-state index in [2.05, 4.69) is 0 Å². The van der Waals surface area contributed by atoms with E-state index in [0.717, 1.165) is 11.8 Å². The maximum Gasteiger partial charge on any atom is 1.00 e. The van der Waals surface area contributed by atoms with Crippen LogP contribution in [0, 0.1) is 0 Å². The van der Waals surface area contributed by atoms with E-state index in [1.807, 2.05) is 0 Å². The SMILES string of the molecule is CC(=O)C[C@@H](C(=O)O)N(CCN)[C@@H](CC(=O)O)C(=O)[O-].[Na+].[Na+]. The monoisotopic (exact) mass is 335 g/mol. The van der Waals surface area contributed by atoms with E-state index >= 15 is 0 Å². The van der Waals surface area contributed by atoms with Crippen LogP contribution in [0.3, 0.4) is 0 Å². The molecule has 0 amide bonds. The third-order valence-electron chi connectivity index (χ3n) is 2.59. The van der Waals surface area contributed by atoms with Gasteiger partial charge in [-0.15, -0.1) is 0 Å². The molecule has 0 aromatic heterocycles. The molecule has 0 radical (unpaired) electrons. The topological polar surface area (TPSA) is 161 Å². The first-order chi connectivity index (χ1) is 9.20. The van der Waals surface area contributed by atoms with Crippen LogP contribution in [-0.4, -0.2) is 64.0 Å². The summed E-state index contributed by atoms with van der Waals surface area (Å²) in [6.45, 7) is 0.878. The summed E-state index contributed by atoms with van der Waals surface area (Å²) in [6, 6.07) is -3.13. The molecule has 0 aliphatic carbocycles. The number of nitrogens with zero attached hydrogens (tertiary/aromatic N) is 1. The summed E-state index contributed by atoms with van der Waals surface area (Å²) in [7, 11) is 0. The summed E-state index contributed by atoms with van der Waals surface area (Å²) in [5, 5.41) is 28.8. The fourth-order valence-corrected chi connectivity index (χ4v) is 1.80. The summed E-state index contributed by atoms with van der Waals surface area (Å²) in [5.41, 5.74) is 5.29. The second kappa shape index (κ2) is 13.4. The Bertz CT molecular complexity index is 372. The van der Waals surface area contributed by atoms with Crippen LogP contribution in [0.4, 0.5) is 0 Å². The van der Waals surface area contributed by atoms with Crippen LogP contribution in [0.1, 0.15) is 19.8 Å². The van der Waals surface area contributed by atoms with E-state index in [1.54, 1.807) is 0 Å². The number of Topliss-reactive ketones (excluding diaryl/α,β-unsaturated/α-hetero) is 1. The smallest absolute Gasteiger partial charge is 0.548 e. The van der Waals surface area contributed by atoms with Crippen molar-refractivity contribution in [3.63, 3.8) is 0 Å². The van der Waals surface area contributed by atoms with Crippen molar-refractivity contribution < 1.29 is 93.6 Å². The molecule has 9 nitrogen and oxygen atoms in total. The van der Waals surface area contributed by atoms with E-state index < -0.39 is 48.6 Å². The second-order valence-corrected chi connectivity index (χ2v) is 4.22.